The number of nitrogens with zero attached hydrogens (tertiary/aromatic N) is 4. The molecule has 0 unspecified atom stereocenters. The number of allylic oxidation sites excluding steroid dienone is 2. The van der Waals surface area contributed by atoms with E-state index in [2.05, 4.69) is 10.6 Å². The highest BCUT2D eigenvalue weighted by Gasteiger charge is 2.31. The van der Waals surface area contributed by atoms with Gasteiger partial charge in [0.25, 0.3) is 25.2 Å². The van der Waals surface area contributed by atoms with E-state index in [9.17, 15) is 31.2 Å². The maximum Gasteiger partial charge on any atom is 0.265 e. The van der Waals surface area contributed by atoms with E-state index in [4.69, 9.17) is 11.6 Å². The van der Waals surface area contributed by atoms with E-state index in [1.807, 2.05) is 71.3 Å². The number of benzene rings is 3. The Morgan fingerprint density at radius 2 is 1.70 bits per heavy atom. The molecule has 2 heterocycles. The second kappa shape index (κ2) is 12.8. The van der Waals surface area contributed by atoms with Gasteiger partial charge in [-0.1, -0.05) is 53.3 Å². The summed E-state index contributed by atoms with van der Waals surface area (Å²) in [7, 11) is -8.27. The smallest absolute Gasteiger partial charge is 0.265 e. The highest BCUT2D eigenvalue weighted by molar-refractivity contribution is 7.86. The number of hydrogen-bond donors (Lipinski definition) is 2. The molecule has 0 amide bonds. The van der Waals surface area contributed by atoms with E-state index < -0.39 is 26.0 Å². The third-order valence-corrected chi connectivity index (χ3v) is 10.3. The van der Waals surface area contributed by atoms with Gasteiger partial charge in [0.2, 0.25) is 5.52 Å². The molecule has 1 aromatic heterocycles. The van der Waals surface area contributed by atoms with E-state index in [0.717, 1.165) is 37.5 Å². The first-order valence-corrected chi connectivity index (χ1v) is 18.2. The fourth-order valence-electron chi connectivity index (χ4n) is 5.46. The summed E-state index contributed by atoms with van der Waals surface area (Å²) in [5.74, 6) is -0.0265. The van der Waals surface area contributed by atoms with Gasteiger partial charge in [-0.2, -0.15) is 26.7 Å². The lowest BCUT2D eigenvalue weighted by Crippen LogP contribution is -2.36. The SMILES string of the molecule is CCN1C(=CC=Cc2sc3ccc4ccccc4c3[n+]2CCCS(=O)(=O)O)N(CCCS(=O)(=O)O)c2cc(C#N)c(Cl)cc21. The fourth-order valence-corrected chi connectivity index (χ4v) is 7.76. The highest BCUT2D eigenvalue weighted by Crippen LogP contribution is 2.44. The van der Waals surface area contributed by atoms with Gasteiger partial charge in [0, 0.05) is 25.6 Å². The highest BCUT2D eigenvalue weighted by atomic mass is 35.5. The summed E-state index contributed by atoms with van der Waals surface area (Å²) in [5, 5.41) is 12.8. The lowest BCUT2D eigenvalue weighted by Gasteiger charge is -2.24. The number of thiazole rings is 1. The Hall–Kier alpha value is -3.51. The fraction of sp³-hybridized carbons (Fsp3) is 0.267. The average Bonchev–Trinajstić information content (AvgIpc) is 3.45. The number of hydrogen-bond acceptors (Lipinski definition) is 8. The molecule has 0 radical (unpaired) electrons. The molecule has 0 saturated heterocycles. The normalized spacial score (nSPS) is 14.8. The van der Waals surface area contributed by atoms with Gasteiger partial charge in [0.05, 0.1) is 38.9 Å². The molecule has 1 aliphatic heterocycles. The Balaban J connectivity index is 1.57. The zero-order valence-corrected chi connectivity index (χ0v) is 26.9. The molecule has 2 N–H and O–H groups in total. The third-order valence-electron chi connectivity index (χ3n) is 7.30. The monoisotopic (exact) mass is 673 g/mol. The minimum absolute atomic E-state index is 0.151. The van der Waals surface area contributed by atoms with Crippen molar-refractivity contribution in [3.63, 3.8) is 0 Å². The van der Waals surface area contributed by atoms with Gasteiger partial charge in [-0.25, -0.2) is 0 Å². The van der Waals surface area contributed by atoms with E-state index in [-0.39, 0.29) is 25.1 Å². The van der Waals surface area contributed by atoms with Crippen LogP contribution in [-0.2, 0) is 26.8 Å². The summed E-state index contributed by atoms with van der Waals surface area (Å²) in [6.07, 6.45) is 6.07. The molecule has 10 nitrogen and oxygen atoms in total. The van der Waals surface area contributed by atoms with Crippen molar-refractivity contribution >= 4 is 81.6 Å². The summed E-state index contributed by atoms with van der Waals surface area (Å²) in [6, 6.07) is 17.5. The number of nitriles is 1. The van der Waals surface area contributed by atoms with Crippen LogP contribution in [-0.4, -0.2) is 50.5 Å². The molecule has 14 heteroatoms. The Morgan fingerprint density at radius 3 is 2.41 bits per heavy atom. The predicted octanol–water partition coefficient (Wildman–Crippen LogP) is 5.62. The zero-order chi connectivity index (χ0) is 31.6. The molecule has 5 rings (SSSR count). The van der Waals surface area contributed by atoms with Crippen molar-refractivity contribution in [2.45, 2.75) is 26.3 Å². The van der Waals surface area contributed by atoms with Gasteiger partial charge < -0.3 is 9.80 Å². The van der Waals surface area contributed by atoms with Crippen molar-refractivity contribution in [2.24, 2.45) is 0 Å². The van der Waals surface area contributed by atoms with Crippen molar-refractivity contribution in [3.05, 3.63) is 82.1 Å². The molecular weight excluding hydrogens is 644 g/mol. The zero-order valence-electron chi connectivity index (χ0n) is 23.7. The standard InChI is InChI=1S/C30H29ClN4O6S3/c1-2-33-26-19-24(31)22(20-32)18-25(26)34(14-6-16-43(36,37)38)28(33)10-5-11-29-35(15-7-17-44(39,40)41)30-23-9-4-3-8-21(23)12-13-27(30)42-29/h3-5,8-13,18-19H,2,6-7,14-17H2,1H3,(H-,36,37,38,39,40,41)/p+1. The predicted molar refractivity (Wildman–Crippen MR) is 175 cm³/mol. The van der Waals surface area contributed by atoms with Crippen LogP contribution in [0.15, 0.2) is 66.5 Å². The summed E-state index contributed by atoms with van der Waals surface area (Å²) in [6.45, 7) is 3.16. The topological polar surface area (TPSA) is 143 Å². The van der Waals surface area contributed by atoms with Crippen molar-refractivity contribution < 1.29 is 30.5 Å². The molecule has 1 aliphatic rings. The molecule has 0 bridgehead atoms. The molecule has 3 aromatic carbocycles. The lowest BCUT2D eigenvalue weighted by atomic mass is 10.1. The van der Waals surface area contributed by atoms with Gasteiger partial charge in [-0.05, 0) is 49.1 Å². The quantitative estimate of drug-likeness (QED) is 0.153. The van der Waals surface area contributed by atoms with Gasteiger partial charge >= 0.3 is 0 Å². The second-order valence-electron chi connectivity index (χ2n) is 10.2. The Kier molecular flexibility index (Phi) is 9.31. The van der Waals surface area contributed by atoms with Gasteiger partial charge in [-0.15, -0.1) is 0 Å². The van der Waals surface area contributed by atoms with Crippen LogP contribution in [0.25, 0.3) is 27.1 Å². The minimum atomic E-state index is -4.15. The Morgan fingerprint density at radius 1 is 1.00 bits per heavy atom. The van der Waals surface area contributed by atoms with Crippen molar-refractivity contribution in [1.29, 1.82) is 5.26 Å². The van der Waals surface area contributed by atoms with Crippen LogP contribution in [0.1, 0.15) is 30.3 Å². The molecule has 44 heavy (non-hydrogen) atoms. The molecule has 230 valence electrons. The van der Waals surface area contributed by atoms with Gasteiger partial charge in [-0.3, -0.25) is 9.11 Å². The summed E-state index contributed by atoms with van der Waals surface area (Å²) >= 11 is 7.93. The van der Waals surface area contributed by atoms with Crippen molar-refractivity contribution in [3.8, 4) is 6.07 Å². The first-order valence-electron chi connectivity index (χ1n) is 13.8. The second-order valence-corrected chi connectivity index (χ2v) is 14.8. The van der Waals surface area contributed by atoms with E-state index in [1.165, 1.54) is 0 Å². The van der Waals surface area contributed by atoms with Gasteiger partial charge in [0.15, 0.2) is 6.54 Å². The summed E-state index contributed by atoms with van der Waals surface area (Å²) in [4.78, 5) is 3.92. The molecule has 0 fully saturated rings. The van der Waals surface area contributed by atoms with E-state index in [1.54, 1.807) is 23.5 Å². The molecule has 4 aromatic rings. The van der Waals surface area contributed by atoms with Crippen LogP contribution < -0.4 is 14.4 Å². The Labute approximate surface area is 265 Å². The van der Waals surface area contributed by atoms with E-state index >= 15 is 0 Å². The van der Waals surface area contributed by atoms with Crippen LogP contribution in [0.4, 0.5) is 11.4 Å². The maximum absolute atomic E-state index is 11.5. The summed E-state index contributed by atoms with van der Waals surface area (Å²) in [5.41, 5.74) is 2.75. The summed E-state index contributed by atoms with van der Waals surface area (Å²) < 4.78 is 67.5. The number of rotatable bonds is 11. The first kappa shape index (κ1) is 31.9. The molecule has 0 atom stereocenters. The maximum atomic E-state index is 11.5. The van der Waals surface area contributed by atoms with Crippen LogP contribution in [0.3, 0.4) is 0 Å². The number of anilines is 2. The van der Waals surface area contributed by atoms with Crippen molar-refractivity contribution in [1.82, 2.24) is 0 Å². The number of halogens is 1. The third kappa shape index (κ3) is 6.91. The van der Waals surface area contributed by atoms with Gasteiger partial charge in [0.1, 0.15) is 16.6 Å². The molecule has 0 aliphatic carbocycles. The van der Waals surface area contributed by atoms with Crippen LogP contribution >= 0.6 is 22.9 Å². The van der Waals surface area contributed by atoms with E-state index in [0.29, 0.717) is 29.4 Å². The molecule has 0 saturated carbocycles. The number of aromatic nitrogens is 1. The van der Waals surface area contributed by atoms with Crippen LogP contribution in [0.2, 0.25) is 5.02 Å². The number of aryl methyl sites for hydroxylation is 1. The lowest BCUT2D eigenvalue weighted by molar-refractivity contribution is -0.667. The average molecular weight is 674 g/mol. The number of fused-ring (bicyclic) bond motifs is 4. The molecule has 0 spiro atoms. The first-order chi connectivity index (χ1) is 20.9. The Bertz CT molecular complexity index is 2070. The largest absolute Gasteiger partial charge is 0.326 e. The van der Waals surface area contributed by atoms with Crippen molar-refractivity contribution in [2.75, 3.05) is 34.4 Å². The molecular formula is C30H30ClN4O6S3+. The van der Waals surface area contributed by atoms with Crippen LogP contribution in [0.5, 0.6) is 0 Å². The van der Waals surface area contributed by atoms with Crippen LogP contribution in [0, 0.1) is 11.3 Å². The minimum Gasteiger partial charge on any atom is -0.326 e.